The largest absolute Gasteiger partial charge is 0.497 e. The van der Waals surface area contributed by atoms with Crippen LogP contribution >= 0.6 is 0 Å². The number of hydrogen-bond donors (Lipinski definition) is 1. The molecule has 3 aromatic carbocycles. The average Bonchev–Trinajstić information content (AvgIpc) is 3.03. The minimum Gasteiger partial charge on any atom is -0.497 e. The van der Waals surface area contributed by atoms with E-state index in [1.165, 1.54) is 0 Å². The van der Waals surface area contributed by atoms with Gasteiger partial charge in [0.2, 0.25) is 10.0 Å². The Labute approximate surface area is 274 Å². The normalized spacial score (nSPS) is 20.7. The molecule has 5 rings (SSSR count). The quantitative estimate of drug-likeness (QED) is 0.241. The number of sulfonamides is 1. The van der Waals surface area contributed by atoms with Gasteiger partial charge < -0.3 is 29.0 Å². The van der Waals surface area contributed by atoms with Crippen molar-refractivity contribution in [2.24, 2.45) is 0 Å². The lowest BCUT2D eigenvalue weighted by Crippen LogP contribution is -2.54. The number of methoxy groups -OCH3 is 2. The maximum absolute atomic E-state index is 14.2. The summed E-state index contributed by atoms with van der Waals surface area (Å²) in [4.78, 5) is 2.56. The molecule has 0 spiro atoms. The molecule has 2 aliphatic heterocycles. The zero-order valence-corrected chi connectivity index (χ0v) is 28.5. The highest BCUT2D eigenvalue weighted by Crippen LogP contribution is 2.40. The van der Waals surface area contributed by atoms with E-state index >= 15 is 0 Å². The lowest BCUT2D eigenvalue weighted by molar-refractivity contribution is -0.0345. The van der Waals surface area contributed by atoms with Crippen molar-refractivity contribution < 1.29 is 32.5 Å². The molecule has 3 atom stereocenters. The summed E-state index contributed by atoms with van der Waals surface area (Å²) in [7, 11) is -0.523. The molecule has 250 valence electrons. The van der Waals surface area contributed by atoms with Crippen molar-refractivity contribution in [3.8, 4) is 11.5 Å². The Morgan fingerprint density at radius 1 is 1.02 bits per heavy atom. The van der Waals surface area contributed by atoms with Crippen LogP contribution in [0.1, 0.15) is 55.7 Å². The molecule has 0 bridgehead atoms. The van der Waals surface area contributed by atoms with Gasteiger partial charge in [0.15, 0.2) is 0 Å². The first kappa shape index (κ1) is 34.2. The molecule has 1 N–H and O–H groups in total. The fourth-order valence-corrected chi connectivity index (χ4v) is 8.18. The van der Waals surface area contributed by atoms with E-state index in [0.717, 1.165) is 53.4 Å². The Hall–Kier alpha value is -3.15. The summed E-state index contributed by atoms with van der Waals surface area (Å²) in [5.74, 6) is 1.50. The minimum atomic E-state index is -3.87. The molecule has 2 heterocycles. The molecule has 9 nitrogen and oxygen atoms in total. The van der Waals surface area contributed by atoms with Gasteiger partial charge in [0.25, 0.3) is 0 Å². The number of nitrogens with zero attached hydrogens (tertiary/aromatic N) is 2. The van der Waals surface area contributed by atoms with Gasteiger partial charge in [-0.3, -0.25) is 0 Å². The monoisotopic (exact) mass is 652 g/mol. The molecule has 3 aromatic rings. The molecule has 0 aliphatic carbocycles. The standard InChI is InChI=1S/C36H48N2O7S/c1-26-7-14-31(15-8-26)46(40,41)38-24-35(32(22-29(38)23-36(2,3)39)28-10-12-30(43-5)13-11-28)45-25-27-9-16-34-33(21-27)37(18-20-44-34)17-6-19-42-4/h7-16,21,29,32,35,39H,6,17-20,22-25H2,1-5H3. The molecule has 0 amide bonds. The third-order valence-corrected chi connectivity index (χ3v) is 10.8. The van der Waals surface area contributed by atoms with Crippen molar-refractivity contribution in [1.82, 2.24) is 4.31 Å². The first-order valence-corrected chi connectivity index (χ1v) is 17.5. The highest BCUT2D eigenvalue weighted by atomic mass is 32.2. The van der Waals surface area contributed by atoms with Gasteiger partial charge in [-0.1, -0.05) is 35.9 Å². The van der Waals surface area contributed by atoms with Gasteiger partial charge in [-0.25, -0.2) is 8.42 Å². The lowest BCUT2D eigenvalue weighted by atomic mass is 9.81. The third kappa shape index (κ3) is 8.22. The summed E-state index contributed by atoms with van der Waals surface area (Å²) in [5.41, 5.74) is 2.99. The number of anilines is 1. The van der Waals surface area contributed by atoms with Crippen LogP contribution in [0, 0.1) is 6.92 Å². The van der Waals surface area contributed by atoms with E-state index in [9.17, 15) is 13.5 Å². The molecule has 10 heteroatoms. The van der Waals surface area contributed by atoms with E-state index in [1.807, 2.05) is 55.5 Å². The number of hydrogen-bond acceptors (Lipinski definition) is 8. The molecular formula is C36H48N2O7S. The summed E-state index contributed by atoms with van der Waals surface area (Å²) in [5, 5.41) is 10.9. The maximum atomic E-state index is 14.2. The van der Waals surface area contributed by atoms with Gasteiger partial charge in [0, 0.05) is 38.8 Å². The minimum absolute atomic E-state index is 0.103. The van der Waals surface area contributed by atoms with Crippen molar-refractivity contribution in [3.63, 3.8) is 0 Å². The predicted molar refractivity (Wildman–Crippen MR) is 179 cm³/mol. The van der Waals surface area contributed by atoms with Crippen LogP contribution in [0.25, 0.3) is 0 Å². The first-order chi connectivity index (χ1) is 22.0. The van der Waals surface area contributed by atoms with Gasteiger partial charge in [-0.05, 0) is 87.6 Å². The van der Waals surface area contributed by atoms with Crippen molar-refractivity contribution in [3.05, 3.63) is 83.4 Å². The molecular weight excluding hydrogens is 604 g/mol. The zero-order valence-electron chi connectivity index (χ0n) is 27.6. The van der Waals surface area contributed by atoms with E-state index in [0.29, 0.717) is 32.7 Å². The van der Waals surface area contributed by atoms with Gasteiger partial charge in [0.1, 0.15) is 18.1 Å². The summed E-state index contributed by atoms with van der Waals surface area (Å²) in [6.07, 6.45) is 1.27. The van der Waals surface area contributed by atoms with E-state index in [-0.39, 0.29) is 17.4 Å². The second kappa shape index (κ2) is 14.7. The summed E-state index contributed by atoms with van der Waals surface area (Å²) >= 11 is 0. The number of rotatable bonds is 13. The van der Waals surface area contributed by atoms with E-state index in [2.05, 4.69) is 11.0 Å². The van der Waals surface area contributed by atoms with Crippen LogP contribution in [0.3, 0.4) is 0 Å². The summed E-state index contributed by atoms with van der Waals surface area (Å²) < 4.78 is 53.2. The number of piperidine rings is 1. The van der Waals surface area contributed by atoms with Gasteiger partial charge in [-0.2, -0.15) is 4.31 Å². The SMILES string of the molecule is COCCCN1CCOc2ccc(COC3CN(S(=O)(=O)c4ccc(C)cc4)C(CC(C)(C)O)CC3c3ccc(OC)cc3)cc21. The third-order valence-electron chi connectivity index (χ3n) is 8.87. The number of ether oxygens (including phenoxy) is 4. The zero-order chi connectivity index (χ0) is 32.9. The van der Waals surface area contributed by atoms with Crippen molar-refractivity contribution >= 4 is 15.7 Å². The Bertz CT molecular complexity index is 1540. The number of aryl methyl sites for hydroxylation is 1. The van der Waals surface area contributed by atoms with Crippen LogP contribution < -0.4 is 14.4 Å². The van der Waals surface area contributed by atoms with Crippen LogP contribution in [0.15, 0.2) is 71.6 Å². The molecule has 46 heavy (non-hydrogen) atoms. The Morgan fingerprint density at radius 3 is 2.43 bits per heavy atom. The van der Waals surface area contributed by atoms with E-state index in [1.54, 1.807) is 44.5 Å². The highest BCUT2D eigenvalue weighted by molar-refractivity contribution is 7.89. The second-order valence-electron chi connectivity index (χ2n) is 13.0. The van der Waals surface area contributed by atoms with Gasteiger partial charge in [-0.15, -0.1) is 0 Å². The maximum Gasteiger partial charge on any atom is 0.243 e. The van der Waals surface area contributed by atoms with Crippen molar-refractivity contribution in [2.75, 3.05) is 52.0 Å². The molecule has 0 saturated carbocycles. The topological polar surface area (TPSA) is 97.8 Å². The Kier molecular flexibility index (Phi) is 11.0. The molecule has 0 aromatic heterocycles. The first-order valence-electron chi connectivity index (χ1n) is 16.0. The van der Waals surface area contributed by atoms with Crippen molar-refractivity contribution in [2.45, 2.75) is 75.2 Å². The van der Waals surface area contributed by atoms with Crippen LogP contribution in [0.5, 0.6) is 11.5 Å². The number of fused-ring (bicyclic) bond motifs is 1. The highest BCUT2D eigenvalue weighted by Gasteiger charge is 2.44. The van der Waals surface area contributed by atoms with Gasteiger partial charge in [0.05, 0.1) is 42.5 Å². The lowest BCUT2D eigenvalue weighted by Gasteiger charge is -2.45. The van der Waals surface area contributed by atoms with E-state index < -0.39 is 27.8 Å². The molecule has 1 saturated heterocycles. The van der Waals surface area contributed by atoms with E-state index in [4.69, 9.17) is 18.9 Å². The molecule has 3 unspecified atom stereocenters. The van der Waals surface area contributed by atoms with Crippen LogP contribution in [-0.2, 0) is 26.1 Å². The van der Waals surface area contributed by atoms with Crippen LogP contribution in [-0.4, -0.2) is 82.6 Å². The summed E-state index contributed by atoms with van der Waals surface area (Å²) in [6.45, 7) is 8.86. The molecule has 2 aliphatic rings. The smallest absolute Gasteiger partial charge is 0.243 e. The van der Waals surface area contributed by atoms with Crippen LogP contribution in [0.2, 0.25) is 0 Å². The second-order valence-corrected chi connectivity index (χ2v) is 14.9. The molecule has 1 fully saturated rings. The van der Waals surface area contributed by atoms with Gasteiger partial charge >= 0.3 is 0 Å². The fourth-order valence-electron chi connectivity index (χ4n) is 6.53. The van der Waals surface area contributed by atoms with Crippen LogP contribution in [0.4, 0.5) is 5.69 Å². The fraction of sp³-hybridized carbons (Fsp3) is 0.500. The Morgan fingerprint density at radius 2 is 1.76 bits per heavy atom. The average molecular weight is 653 g/mol. The predicted octanol–water partition coefficient (Wildman–Crippen LogP) is 5.53. The Balaban J connectivity index is 1.45. The molecule has 0 radical (unpaired) electrons. The van der Waals surface area contributed by atoms with Crippen molar-refractivity contribution in [1.29, 1.82) is 0 Å². The summed E-state index contributed by atoms with van der Waals surface area (Å²) in [6, 6.07) is 20.5. The number of benzene rings is 3. The number of aliphatic hydroxyl groups is 1.